The van der Waals surface area contributed by atoms with E-state index in [1.165, 1.54) is 35.4 Å². The molecule has 0 saturated heterocycles. The molecule has 0 amide bonds. The smallest absolute Gasteiger partial charge is 0.0430 e. The van der Waals surface area contributed by atoms with Crippen LogP contribution in [0.25, 0.3) is 10.4 Å². The molecule has 1 saturated carbocycles. The van der Waals surface area contributed by atoms with Crippen LogP contribution in [0, 0.1) is 11.8 Å². The number of hydrogen-bond acceptors (Lipinski definition) is 2. The highest BCUT2D eigenvalue weighted by Crippen LogP contribution is 2.35. The van der Waals surface area contributed by atoms with Gasteiger partial charge in [-0.2, -0.15) is 0 Å². The van der Waals surface area contributed by atoms with Gasteiger partial charge < -0.3 is 5.32 Å². The van der Waals surface area contributed by atoms with Crippen molar-refractivity contribution in [3.63, 3.8) is 0 Å². The van der Waals surface area contributed by atoms with Crippen LogP contribution in [-0.4, -0.2) is 6.04 Å². The molecule has 3 rings (SSSR count). The molecule has 1 fully saturated rings. The van der Waals surface area contributed by atoms with Crippen molar-refractivity contribution in [3.05, 3.63) is 41.8 Å². The summed E-state index contributed by atoms with van der Waals surface area (Å²) in [5.41, 5.74) is 2.63. The van der Waals surface area contributed by atoms with Crippen molar-refractivity contribution < 1.29 is 0 Å². The average Bonchev–Trinajstić information content (AvgIpc) is 2.92. The molecule has 2 unspecified atom stereocenters. The van der Waals surface area contributed by atoms with Crippen molar-refractivity contribution in [2.75, 3.05) is 5.32 Å². The van der Waals surface area contributed by atoms with E-state index in [0.29, 0.717) is 6.04 Å². The van der Waals surface area contributed by atoms with Gasteiger partial charge in [-0.25, -0.2) is 0 Å². The summed E-state index contributed by atoms with van der Waals surface area (Å²) in [7, 11) is 0. The van der Waals surface area contributed by atoms with E-state index >= 15 is 0 Å². The Balaban J connectivity index is 1.81. The van der Waals surface area contributed by atoms with Crippen LogP contribution in [0.5, 0.6) is 0 Å². The molecule has 1 nitrogen and oxygen atoms in total. The Labute approximate surface area is 126 Å². The largest absolute Gasteiger partial charge is 0.382 e. The zero-order valence-electron chi connectivity index (χ0n) is 12.3. The van der Waals surface area contributed by atoms with Crippen LogP contribution < -0.4 is 5.32 Å². The number of anilines is 1. The second-order valence-corrected chi connectivity index (χ2v) is 7.23. The molecule has 2 heteroatoms. The van der Waals surface area contributed by atoms with Crippen LogP contribution in [0.3, 0.4) is 0 Å². The second-order valence-electron chi connectivity index (χ2n) is 6.28. The number of rotatable bonds is 3. The molecule has 0 aliphatic heterocycles. The van der Waals surface area contributed by atoms with E-state index in [1.54, 1.807) is 0 Å². The third-order valence-electron chi connectivity index (χ3n) is 4.25. The minimum atomic E-state index is 0.620. The van der Waals surface area contributed by atoms with Crippen molar-refractivity contribution in [3.8, 4) is 10.4 Å². The van der Waals surface area contributed by atoms with Crippen molar-refractivity contribution in [2.45, 2.75) is 39.2 Å². The molecule has 20 heavy (non-hydrogen) atoms. The molecule has 1 aromatic heterocycles. The summed E-state index contributed by atoms with van der Waals surface area (Å²) >= 11 is 1.81. The molecule has 1 aliphatic rings. The van der Waals surface area contributed by atoms with Gasteiger partial charge in [0.05, 0.1) is 0 Å². The van der Waals surface area contributed by atoms with Crippen LogP contribution >= 0.6 is 11.3 Å². The van der Waals surface area contributed by atoms with E-state index in [4.69, 9.17) is 0 Å². The molecule has 0 radical (unpaired) electrons. The molecule has 1 heterocycles. The van der Waals surface area contributed by atoms with Gasteiger partial charge in [-0.15, -0.1) is 11.3 Å². The zero-order chi connectivity index (χ0) is 13.9. The first-order chi connectivity index (χ1) is 9.72. The van der Waals surface area contributed by atoms with Gasteiger partial charge in [0.25, 0.3) is 0 Å². The lowest BCUT2D eigenvalue weighted by Crippen LogP contribution is -2.30. The van der Waals surface area contributed by atoms with E-state index in [2.05, 4.69) is 60.9 Å². The summed E-state index contributed by atoms with van der Waals surface area (Å²) < 4.78 is 0. The van der Waals surface area contributed by atoms with Crippen LogP contribution in [0.15, 0.2) is 41.8 Å². The lowest BCUT2D eigenvalue weighted by atomic mass is 9.80. The van der Waals surface area contributed by atoms with Gasteiger partial charge in [0.1, 0.15) is 0 Å². The van der Waals surface area contributed by atoms with Gasteiger partial charge in [0.15, 0.2) is 0 Å². The first-order valence-corrected chi connectivity index (χ1v) is 8.50. The van der Waals surface area contributed by atoms with Gasteiger partial charge in [0.2, 0.25) is 0 Å². The lowest BCUT2D eigenvalue weighted by Gasteiger charge is -2.33. The SMILES string of the molecule is CC1CC(C)CC(Nc2ccccc2-c2cccs2)C1. The molecule has 1 N–H and O–H groups in total. The standard InChI is InChI=1S/C18H23NS/c1-13-10-14(2)12-15(11-13)19-17-7-4-3-6-16(17)18-8-5-9-20-18/h3-9,13-15,19H,10-12H2,1-2H3. The maximum absolute atomic E-state index is 3.81. The molecular weight excluding hydrogens is 262 g/mol. The van der Waals surface area contributed by atoms with Crippen molar-refractivity contribution in [1.29, 1.82) is 0 Å². The summed E-state index contributed by atoms with van der Waals surface area (Å²) in [5, 5.41) is 5.95. The molecule has 0 spiro atoms. The summed E-state index contributed by atoms with van der Waals surface area (Å²) in [6.45, 7) is 4.77. The zero-order valence-corrected chi connectivity index (χ0v) is 13.1. The van der Waals surface area contributed by atoms with E-state index in [-0.39, 0.29) is 0 Å². The predicted molar refractivity (Wildman–Crippen MR) is 89.3 cm³/mol. The Morgan fingerprint density at radius 3 is 2.40 bits per heavy atom. The molecule has 2 aromatic rings. The highest BCUT2D eigenvalue weighted by molar-refractivity contribution is 7.13. The van der Waals surface area contributed by atoms with E-state index in [0.717, 1.165) is 11.8 Å². The lowest BCUT2D eigenvalue weighted by molar-refractivity contribution is 0.281. The minimum absolute atomic E-state index is 0.620. The molecule has 1 aliphatic carbocycles. The van der Waals surface area contributed by atoms with Crippen molar-refractivity contribution in [2.24, 2.45) is 11.8 Å². The molecule has 1 aromatic carbocycles. The Hall–Kier alpha value is -1.28. The first-order valence-electron chi connectivity index (χ1n) is 7.62. The monoisotopic (exact) mass is 285 g/mol. The molecule has 2 atom stereocenters. The Morgan fingerprint density at radius 1 is 0.950 bits per heavy atom. The second kappa shape index (κ2) is 6.01. The van der Waals surface area contributed by atoms with E-state index < -0.39 is 0 Å². The fourth-order valence-corrected chi connectivity index (χ4v) is 4.31. The Bertz CT molecular complexity index is 536. The van der Waals surface area contributed by atoms with Crippen LogP contribution in [-0.2, 0) is 0 Å². The third kappa shape index (κ3) is 3.06. The predicted octanol–water partition coefficient (Wildman–Crippen LogP) is 5.65. The van der Waals surface area contributed by atoms with Crippen molar-refractivity contribution in [1.82, 2.24) is 0 Å². The number of benzene rings is 1. The normalized spacial score (nSPS) is 26.4. The van der Waals surface area contributed by atoms with Crippen molar-refractivity contribution >= 4 is 17.0 Å². The van der Waals surface area contributed by atoms with Gasteiger partial charge in [-0.3, -0.25) is 0 Å². The number of hydrogen-bond donors (Lipinski definition) is 1. The Kier molecular flexibility index (Phi) is 4.11. The molecular formula is C18H23NS. The average molecular weight is 285 g/mol. The quantitative estimate of drug-likeness (QED) is 0.768. The van der Waals surface area contributed by atoms with Crippen LogP contribution in [0.1, 0.15) is 33.1 Å². The van der Waals surface area contributed by atoms with Gasteiger partial charge in [0, 0.05) is 22.2 Å². The topological polar surface area (TPSA) is 12.0 Å². The Morgan fingerprint density at radius 2 is 1.70 bits per heavy atom. The van der Waals surface area contributed by atoms with E-state index in [9.17, 15) is 0 Å². The molecule has 106 valence electrons. The number of para-hydroxylation sites is 1. The fourth-order valence-electron chi connectivity index (χ4n) is 3.54. The number of thiophene rings is 1. The molecule has 0 bridgehead atoms. The maximum atomic E-state index is 3.81. The summed E-state index contributed by atoms with van der Waals surface area (Å²) in [5.74, 6) is 1.68. The number of nitrogens with one attached hydrogen (secondary N) is 1. The highest BCUT2D eigenvalue weighted by Gasteiger charge is 2.24. The first kappa shape index (κ1) is 13.7. The van der Waals surface area contributed by atoms with Crippen LogP contribution in [0.2, 0.25) is 0 Å². The minimum Gasteiger partial charge on any atom is -0.382 e. The van der Waals surface area contributed by atoms with E-state index in [1.807, 2.05) is 11.3 Å². The summed E-state index contributed by atoms with van der Waals surface area (Å²) in [4.78, 5) is 1.35. The van der Waals surface area contributed by atoms with Gasteiger partial charge >= 0.3 is 0 Å². The highest BCUT2D eigenvalue weighted by atomic mass is 32.1. The maximum Gasteiger partial charge on any atom is 0.0430 e. The van der Waals surface area contributed by atoms with Gasteiger partial charge in [-0.1, -0.05) is 38.1 Å². The van der Waals surface area contributed by atoms with Crippen LogP contribution in [0.4, 0.5) is 5.69 Å². The summed E-state index contributed by atoms with van der Waals surface area (Å²) in [6.07, 6.45) is 3.97. The fraction of sp³-hybridized carbons (Fsp3) is 0.444. The van der Waals surface area contributed by atoms with Gasteiger partial charge in [-0.05, 0) is 48.6 Å². The third-order valence-corrected chi connectivity index (χ3v) is 5.15. The summed E-state index contributed by atoms with van der Waals surface area (Å²) in [6, 6.07) is 13.7.